The minimum atomic E-state index is -0.465. The second kappa shape index (κ2) is 7.74. The van der Waals surface area contributed by atoms with Crippen molar-refractivity contribution < 1.29 is 18.7 Å². The topological polar surface area (TPSA) is 61.6 Å². The lowest BCUT2D eigenvalue weighted by molar-refractivity contribution is -0.147. The summed E-state index contributed by atoms with van der Waals surface area (Å²) in [6.45, 7) is -0.127. The number of fused-ring (bicyclic) bond motifs is 1. The summed E-state index contributed by atoms with van der Waals surface area (Å²) in [4.78, 5) is 16.2. The average Bonchev–Trinajstić information content (AvgIpc) is 3.20. The number of hydrogen-bond acceptors (Lipinski definition) is 5. The molecule has 0 radical (unpaired) electrons. The van der Waals surface area contributed by atoms with Gasteiger partial charge >= 0.3 is 5.97 Å². The predicted octanol–water partition coefficient (Wildman–Crippen LogP) is 4.62. The van der Waals surface area contributed by atoms with E-state index in [9.17, 15) is 4.79 Å². The number of esters is 1. The highest BCUT2D eigenvalue weighted by Gasteiger charge is 2.10. The number of oxazole rings is 1. The molecular weight excluding hydrogens is 342 g/mol. The number of carbonyl (C=O) groups excluding carboxylic acids is 1. The molecule has 0 fully saturated rings. The lowest BCUT2D eigenvalue weighted by Gasteiger charge is -2.07. The Kier molecular flexibility index (Phi) is 4.83. The Morgan fingerprint density at radius 1 is 0.926 bits per heavy atom. The maximum absolute atomic E-state index is 11.9. The smallest absolute Gasteiger partial charge is 0.344 e. The lowest BCUT2D eigenvalue weighted by atomic mass is 10.1. The lowest BCUT2D eigenvalue weighted by Crippen LogP contribution is -2.14. The standard InChI is InChI=1S/C22H17NO4/c24-21(15-25-20-11-10-16-6-4-5-9-18(16)12-20)26-13-19-14-27-22(23-19)17-7-2-1-3-8-17/h1-12,14H,13,15H2. The van der Waals surface area contributed by atoms with Crippen LogP contribution in [0.15, 0.2) is 83.5 Å². The first-order valence-electron chi connectivity index (χ1n) is 8.55. The zero-order valence-electron chi connectivity index (χ0n) is 14.5. The Morgan fingerprint density at radius 3 is 2.56 bits per heavy atom. The fourth-order valence-corrected chi connectivity index (χ4v) is 2.68. The van der Waals surface area contributed by atoms with Crippen LogP contribution in [-0.2, 0) is 16.1 Å². The van der Waals surface area contributed by atoms with E-state index < -0.39 is 5.97 Å². The van der Waals surface area contributed by atoms with Gasteiger partial charge in [0.2, 0.25) is 5.89 Å². The summed E-state index contributed by atoms with van der Waals surface area (Å²) in [5.74, 6) is 0.653. The number of ether oxygens (including phenoxy) is 2. The van der Waals surface area contributed by atoms with Crippen molar-refractivity contribution in [1.29, 1.82) is 0 Å². The molecule has 1 heterocycles. The fourth-order valence-electron chi connectivity index (χ4n) is 2.68. The van der Waals surface area contributed by atoms with E-state index in [0.717, 1.165) is 16.3 Å². The second-order valence-electron chi connectivity index (χ2n) is 5.97. The van der Waals surface area contributed by atoms with E-state index in [4.69, 9.17) is 13.9 Å². The summed E-state index contributed by atoms with van der Waals surface area (Å²) in [5, 5.41) is 2.17. The average molecular weight is 359 g/mol. The van der Waals surface area contributed by atoms with Gasteiger partial charge in [-0.3, -0.25) is 0 Å². The third-order valence-electron chi connectivity index (χ3n) is 4.03. The molecule has 4 aromatic rings. The molecule has 0 amide bonds. The number of hydrogen-bond donors (Lipinski definition) is 0. The summed E-state index contributed by atoms with van der Waals surface area (Å²) < 4.78 is 16.1. The summed E-state index contributed by atoms with van der Waals surface area (Å²) in [5.41, 5.74) is 1.42. The molecule has 0 spiro atoms. The molecule has 1 aromatic heterocycles. The van der Waals surface area contributed by atoms with E-state index in [0.29, 0.717) is 17.3 Å². The SMILES string of the molecule is O=C(COc1ccc2ccccc2c1)OCc1coc(-c2ccccc2)n1. The van der Waals surface area contributed by atoms with Gasteiger partial charge in [0, 0.05) is 5.56 Å². The molecular formula is C22H17NO4. The molecule has 4 rings (SSSR count). The normalized spacial score (nSPS) is 10.7. The highest BCUT2D eigenvalue weighted by atomic mass is 16.6. The van der Waals surface area contributed by atoms with E-state index in [-0.39, 0.29) is 13.2 Å². The van der Waals surface area contributed by atoms with Gasteiger partial charge in [-0.05, 0) is 35.0 Å². The van der Waals surface area contributed by atoms with Crippen molar-refractivity contribution >= 4 is 16.7 Å². The third-order valence-corrected chi connectivity index (χ3v) is 4.03. The molecule has 0 unspecified atom stereocenters. The van der Waals surface area contributed by atoms with Crippen LogP contribution in [-0.4, -0.2) is 17.6 Å². The van der Waals surface area contributed by atoms with Gasteiger partial charge in [0.1, 0.15) is 24.3 Å². The van der Waals surface area contributed by atoms with Crippen molar-refractivity contribution in [3.8, 4) is 17.2 Å². The largest absolute Gasteiger partial charge is 0.482 e. The quantitative estimate of drug-likeness (QED) is 0.470. The molecule has 5 heteroatoms. The van der Waals surface area contributed by atoms with Crippen molar-refractivity contribution in [2.45, 2.75) is 6.61 Å². The molecule has 0 aliphatic rings. The molecule has 5 nitrogen and oxygen atoms in total. The minimum Gasteiger partial charge on any atom is -0.482 e. The Morgan fingerprint density at radius 2 is 1.70 bits per heavy atom. The molecule has 0 aliphatic heterocycles. The van der Waals surface area contributed by atoms with E-state index in [2.05, 4.69) is 4.98 Å². The van der Waals surface area contributed by atoms with Crippen LogP contribution in [0.4, 0.5) is 0 Å². The predicted molar refractivity (Wildman–Crippen MR) is 101 cm³/mol. The molecule has 0 saturated heterocycles. The van der Waals surface area contributed by atoms with E-state index in [1.54, 1.807) is 0 Å². The Hall–Kier alpha value is -3.60. The van der Waals surface area contributed by atoms with Gasteiger partial charge in [0.25, 0.3) is 0 Å². The first kappa shape index (κ1) is 16.8. The highest BCUT2D eigenvalue weighted by molar-refractivity contribution is 5.83. The third kappa shape index (κ3) is 4.15. The Balaban J connectivity index is 1.30. The molecule has 0 N–H and O–H groups in total. The number of benzene rings is 3. The summed E-state index contributed by atoms with van der Waals surface area (Å²) >= 11 is 0. The van der Waals surface area contributed by atoms with Crippen LogP contribution >= 0.6 is 0 Å². The van der Waals surface area contributed by atoms with Crippen LogP contribution in [0.2, 0.25) is 0 Å². The Bertz CT molecular complexity index is 1060. The van der Waals surface area contributed by atoms with Gasteiger partial charge in [-0.25, -0.2) is 9.78 Å². The van der Waals surface area contributed by atoms with E-state index in [1.165, 1.54) is 6.26 Å². The van der Waals surface area contributed by atoms with Gasteiger partial charge in [0.15, 0.2) is 6.61 Å². The molecule has 3 aromatic carbocycles. The number of nitrogens with zero attached hydrogens (tertiary/aromatic N) is 1. The van der Waals surface area contributed by atoms with Crippen LogP contribution in [0.5, 0.6) is 5.75 Å². The van der Waals surface area contributed by atoms with Crippen LogP contribution in [0.25, 0.3) is 22.2 Å². The van der Waals surface area contributed by atoms with Crippen molar-refractivity contribution in [2.24, 2.45) is 0 Å². The van der Waals surface area contributed by atoms with Crippen LogP contribution in [0.1, 0.15) is 5.69 Å². The van der Waals surface area contributed by atoms with Gasteiger partial charge < -0.3 is 13.9 Å². The number of carbonyl (C=O) groups is 1. The van der Waals surface area contributed by atoms with Gasteiger partial charge in [-0.1, -0.05) is 48.5 Å². The number of rotatable bonds is 6. The van der Waals surface area contributed by atoms with Crippen molar-refractivity contribution in [1.82, 2.24) is 4.98 Å². The van der Waals surface area contributed by atoms with Crippen LogP contribution < -0.4 is 4.74 Å². The molecule has 134 valence electrons. The van der Waals surface area contributed by atoms with Gasteiger partial charge in [0.05, 0.1) is 0 Å². The van der Waals surface area contributed by atoms with Gasteiger partial charge in [-0.2, -0.15) is 0 Å². The monoisotopic (exact) mass is 359 g/mol. The zero-order chi connectivity index (χ0) is 18.5. The van der Waals surface area contributed by atoms with Crippen molar-refractivity contribution in [3.63, 3.8) is 0 Å². The van der Waals surface area contributed by atoms with Crippen LogP contribution in [0.3, 0.4) is 0 Å². The first-order chi connectivity index (χ1) is 13.3. The molecule has 0 aliphatic carbocycles. The molecule has 0 bridgehead atoms. The second-order valence-corrected chi connectivity index (χ2v) is 5.97. The highest BCUT2D eigenvalue weighted by Crippen LogP contribution is 2.21. The van der Waals surface area contributed by atoms with Gasteiger partial charge in [-0.15, -0.1) is 0 Å². The summed E-state index contributed by atoms with van der Waals surface area (Å²) in [7, 11) is 0. The fraction of sp³-hybridized carbons (Fsp3) is 0.0909. The zero-order valence-corrected chi connectivity index (χ0v) is 14.5. The molecule has 0 atom stereocenters. The van der Waals surface area contributed by atoms with E-state index in [1.807, 2.05) is 72.8 Å². The van der Waals surface area contributed by atoms with Crippen molar-refractivity contribution in [2.75, 3.05) is 6.61 Å². The van der Waals surface area contributed by atoms with Crippen LogP contribution in [0, 0.1) is 0 Å². The maximum Gasteiger partial charge on any atom is 0.344 e. The summed E-state index contributed by atoms with van der Waals surface area (Å²) in [6.07, 6.45) is 1.49. The maximum atomic E-state index is 11.9. The first-order valence-corrected chi connectivity index (χ1v) is 8.55. The van der Waals surface area contributed by atoms with E-state index >= 15 is 0 Å². The summed E-state index contributed by atoms with van der Waals surface area (Å²) in [6, 6.07) is 23.2. The molecule has 0 saturated carbocycles. The van der Waals surface area contributed by atoms with Crippen molar-refractivity contribution in [3.05, 3.63) is 84.8 Å². The number of aromatic nitrogens is 1. The Labute approximate surface area is 156 Å². The minimum absolute atomic E-state index is 0.0379. The molecule has 27 heavy (non-hydrogen) atoms.